The summed E-state index contributed by atoms with van der Waals surface area (Å²) in [4.78, 5) is 53.3. The molecule has 4 rings (SSSR count). The van der Waals surface area contributed by atoms with Gasteiger partial charge >= 0.3 is 0 Å². The van der Waals surface area contributed by atoms with Crippen LogP contribution in [0.3, 0.4) is 0 Å². The van der Waals surface area contributed by atoms with Crippen LogP contribution in [0.5, 0.6) is 11.5 Å². The molecule has 0 aliphatic carbocycles. The van der Waals surface area contributed by atoms with Crippen LogP contribution in [-0.4, -0.2) is 65.6 Å². The Morgan fingerprint density at radius 1 is 1.03 bits per heavy atom. The SMILES string of the molecule is CCOc1cc(/C=C2/SC(=O)N(CC(=O)N3CCCCC3)C2=O)ccc1OCC(=O)Nc1cccc(C)c1. The predicted molar refractivity (Wildman–Crippen MR) is 146 cm³/mol. The Balaban J connectivity index is 1.41. The van der Waals surface area contributed by atoms with Gasteiger partial charge in [0.25, 0.3) is 17.1 Å². The normalized spacial score (nSPS) is 16.6. The van der Waals surface area contributed by atoms with Crippen LogP contribution in [0.15, 0.2) is 47.4 Å². The van der Waals surface area contributed by atoms with Gasteiger partial charge in [-0.2, -0.15) is 0 Å². The third-order valence-electron chi connectivity index (χ3n) is 6.10. The highest BCUT2D eigenvalue weighted by molar-refractivity contribution is 8.18. The van der Waals surface area contributed by atoms with Crippen molar-refractivity contribution in [3.8, 4) is 11.5 Å². The summed E-state index contributed by atoms with van der Waals surface area (Å²) in [5.41, 5.74) is 2.34. The molecule has 0 unspecified atom stereocenters. The van der Waals surface area contributed by atoms with E-state index in [1.807, 2.05) is 32.0 Å². The molecule has 0 aromatic heterocycles. The number of amides is 4. The van der Waals surface area contributed by atoms with E-state index in [1.54, 1.807) is 35.2 Å². The summed E-state index contributed by atoms with van der Waals surface area (Å²) in [6.07, 6.45) is 4.55. The van der Waals surface area contributed by atoms with Crippen LogP contribution in [0.4, 0.5) is 10.5 Å². The molecule has 4 amide bonds. The van der Waals surface area contributed by atoms with E-state index in [-0.39, 0.29) is 29.9 Å². The lowest BCUT2D eigenvalue weighted by Gasteiger charge is -2.27. The predicted octanol–water partition coefficient (Wildman–Crippen LogP) is 4.46. The van der Waals surface area contributed by atoms with Gasteiger partial charge in [0, 0.05) is 18.8 Å². The number of ether oxygens (including phenoxy) is 2. The minimum absolute atomic E-state index is 0.209. The smallest absolute Gasteiger partial charge is 0.294 e. The zero-order valence-corrected chi connectivity index (χ0v) is 22.3. The fraction of sp³-hybridized carbons (Fsp3) is 0.357. The van der Waals surface area contributed by atoms with Crippen LogP contribution in [-0.2, 0) is 14.4 Å². The zero-order chi connectivity index (χ0) is 27.1. The van der Waals surface area contributed by atoms with Gasteiger partial charge in [0.2, 0.25) is 5.91 Å². The van der Waals surface area contributed by atoms with Gasteiger partial charge < -0.3 is 19.7 Å². The number of anilines is 1. The van der Waals surface area contributed by atoms with Gasteiger partial charge in [0.05, 0.1) is 11.5 Å². The molecule has 0 saturated carbocycles. The van der Waals surface area contributed by atoms with Crippen molar-refractivity contribution >= 4 is 46.5 Å². The lowest BCUT2D eigenvalue weighted by Crippen LogP contribution is -2.44. The van der Waals surface area contributed by atoms with Crippen molar-refractivity contribution in [2.45, 2.75) is 33.1 Å². The lowest BCUT2D eigenvalue weighted by molar-refractivity contribution is -0.136. The highest BCUT2D eigenvalue weighted by Gasteiger charge is 2.37. The Labute approximate surface area is 226 Å². The molecule has 2 aromatic carbocycles. The summed E-state index contributed by atoms with van der Waals surface area (Å²) in [6.45, 7) is 4.99. The van der Waals surface area contributed by atoms with Crippen molar-refractivity contribution in [3.63, 3.8) is 0 Å². The highest BCUT2D eigenvalue weighted by Crippen LogP contribution is 2.35. The Kier molecular flexibility index (Phi) is 9.06. The van der Waals surface area contributed by atoms with Crippen LogP contribution in [0.25, 0.3) is 6.08 Å². The zero-order valence-electron chi connectivity index (χ0n) is 21.5. The number of aryl methyl sites for hydroxylation is 1. The van der Waals surface area contributed by atoms with Crippen molar-refractivity contribution in [3.05, 3.63) is 58.5 Å². The maximum absolute atomic E-state index is 12.9. The number of nitrogens with zero attached hydrogens (tertiary/aromatic N) is 2. The molecule has 0 atom stereocenters. The first-order valence-corrected chi connectivity index (χ1v) is 13.4. The molecule has 38 heavy (non-hydrogen) atoms. The molecule has 2 aliphatic heterocycles. The quantitative estimate of drug-likeness (QED) is 0.471. The van der Waals surface area contributed by atoms with Crippen LogP contribution in [0.2, 0.25) is 0 Å². The molecule has 2 saturated heterocycles. The van der Waals surface area contributed by atoms with E-state index in [2.05, 4.69) is 5.32 Å². The molecular formula is C28H31N3O6S. The van der Waals surface area contributed by atoms with E-state index in [9.17, 15) is 19.2 Å². The number of hydrogen-bond acceptors (Lipinski definition) is 7. The first kappa shape index (κ1) is 27.3. The van der Waals surface area contributed by atoms with Crippen molar-refractivity contribution in [1.29, 1.82) is 0 Å². The van der Waals surface area contributed by atoms with Crippen LogP contribution in [0.1, 0.15) is 37.3 Å². The molecule has 1 N–H and O–H groups in total. The van der Waals surface area contributed by atoms with E-state index in [4.69, 9.17) is 9.47 Å². The third-order valence-corrected chi connectivity index (χ3v) is 7.01. The van der Waals surface area contributed by atoms with Crippen LogP contribution >= 0.6 is 11.8 Å². The Morgan fingerprint density at radius 3 is 2.55 bits per heavy atom. The molecule has 9 nitrogen and oxygen atoms in total. The third kappa shape index (κ3) is 6.95. The average molecular weight is 538 g/mol. The molecule has 2 aliphatic rings. The van der Waals surface area contributed by atoms with Crippen molar-refractivity contribution in [2.75, 3.05) is 38.2 Å². The van der Waals surface area contributed by atoms with Gasteiger partial charge in [0.1, 0.15) is 6.54 Å². The van der Waals surface area contributed by atoms with Gasteiger partial charge in [-0.05, 0) is 86.3 Å². The van der Waals surface area contributed by atoms with E-state index in [0.717, 1.165) is 41.5 Å². The number of carbonyl (C=O) groups excluding carboxylic acids is 4. The minimum atomic E-state index is -0.489. The molecule has 0 bridgehead atoms. The van der Waals surface area contributed by atoms with E-state index in [0.29, 0.717) is 42.4 Å². The van der Waals surface area contributed by atoms with E-state index in [1.165, 1.54) is 0 Å². The fourth-order valence-electron chi connectivity index (χ4n) is 4.23. The second-order valence-electron chi connectivity index (χ2n) is 9.05. The Morgan fingerprint density at radius 2 is 1.82 bits per heavy atom. The molecular weight excluding hydrogens is 506 g/mol. The number of likely N-dealkylation sites (tertiary alicyclic amines) is 1. The number of hydrogen-bond donors (Lipinski definition) is 1. The number of carbonyl (C=O) groups is 4. The Bertz CT molecular complexity index is 1250. The maximum Gasteiger partial charge on any atom is 0.294 e. The van der Waals surface area contributed by atoms with E-state index < -0.39 is 11.1 Å². The number of rotatable bonds is 9. The molecule has 10 heteroatoms. The van der Waals surface area contributed by atoms with Crippen molar-refractivity contribution in [1.82, 2.24) is 9.80 Å². The molecule has 2 aromatic rings. The summed E-state index contributed by atoms with van der Waals surface area (Å²) in [5.74, 6) is -0.223. The molecule has 0 spiro atoms. The van der Waals surface area contributed by atoms with Gasteiger partial charge in [-0.15, -0.1) is 0 Å². The fourth-order valence-corrected chi connectivity index (χ4v) is 5.07. The number of nitrogens with one attached hydrogen (secondary N) is 1. The van der Waals surface area contributed by atoms with Crippen molar-refractivity contribution in [2.24, 2.45) is 0 Å². The number of benzene rings is 2. The summed E-state index contributed by atoms with van der Waals surface area (Å²) in [7, 11) is 0. The van der Waals surface area contributed by atoms with E-state index >= 15 is 0 Å². The monoisotopic (exact) mass is 537 g/mol. The second-order valence-corrected chi connectivity index (χ2v) is 10.0. The summed E-state index contributed by atoms with van der Waals surface area (Å²) in [5, 5.41) is 2.33. The number of thioether (sulfide) groups is 1. The maximum atomic E-state index is 12.9. The number of piperidine rings is 1. The lowest BCUT2D eigenvalue weighted by atomic mass is 10.1. The largest absolute Gasteiger partial charge is 0.490 e. The van der Waals surface area contributed by atoms with Gasteiger partial charge in [-0.25, -0.2) is 0 Å². The van der Waals surface area contributed by atoms with Crippen LogP contribution < -0.4 is 14.8 Å². The first-order chi connectivity index (χ1) is 18.3. The topological polar surface area (TPSA) is 105 Å². The minimum Gasteiger partial charge on any atom is -0.490 e. The second kappa shape index (κ2) is 12.6. The highest BCUT2D eigenvalue weighted by atomic mass is 32.2. The number of imide groups is 1. The van der Waals surface area contributed by atoms with Gasteiger partial charge in [-0.3, -0.25) is 24.1 Å². The van der Waals surface area contributed by atoms with Gasteiger partial charge in [0.15, 0.2) is 18.1 Å². The molecule has 0 radical (unpaired) electrons. The standard InChI is InChI=1S/C28H31N3O6S/c1-3-36-23-15-20(10-11-22(23)37-18-25(32)29-21-9-7-8-19(2)14-21)16-24-27(34)31(28(35)38-24)17-26(33)30-12-5-4-6-13-30/h7-11,14-16H,3-6,12-13,17-18H2,1-2H3,(H,29,32)/b24-16+. The first-order valence-electron chi connectivity index (χ1n) is 12.6. The summed E-state index contributed by atoms with van der Waals surface area (Å²) in [6, 6.07) is 12.5. The van der Waals surface area contributed by atoms with Crippen molar-refractivity contribution < 1.29 is 28.7 Å². The summed E-state index contributed by atoms with van der Waals surface area (Å²) < 4.78 is 11.4. The van der Waals surface area contributed by atoms with Crippen LogP contribution in [0, 0.1) is 6.92 Å². The Hall–Kier alpha value is -3.79. The van der Waals surface area contributed by atoms with Gasteiger partial charge in [-0.1, -0.05) is 18.2 Å². The molecule has 2 heterocycles. The summed E-state index contributed by atoms with van der Waals surface area (Å²) >= 11 is 0.808. The molecule has 200 valence electrons. The molecule has 2 fully saturated rings. The average Bonchev–Trinajstić information content (AvgIpc) is 3.16.